The van der Waals surface area contributed by atoms with Gasteiger partial charge in [-0.25, -0.2) is 4.39 Å². The Hall–Kier alpha value is -3.78. The van der Waals surface area contributed by atoms with Gasteiger partial charge in [0.2, 0.25) is 5.91 Å². The van der Waals surface area contributed by atoms with Crippen molar-refractivity contribution >= 4 is 28.8 Å². The minimum Gasteiger partial charge on any atom is -0.350 e. The number of fused-ring (bicyclic) bond motifs is 1. The Morgan fingerprint density at radius 3 is 2.49 bits per heavy atom. The van der Waals surface area contributed by atoms with Crippen molar-refractivity contribution in [2.45, 2.75) is 38.9 Å². The lowest BCUT2D eigenvalue weighted by Crippen LogP contribution is -2.64. The van der Waals surface area contributed by atoms with E-state index in [1.165, 1.54) is 12.1 Å². The number of nitrogens with zero attached hydrogens (tertiary/aromatic N) is 3. The van der Waals surface area contributed by atoms with Crippen molar-refractivity contribution in [1.82, 2.24) is 15.1 Å². The molecule has 1 atom stereocenters. The number of halogens is 1. The summed E-state index contributed by atoms with van der Waals surface area (Å²) < 4.78 is 14.9. The molecule has 0 spiro atoms. The zero-order valence-electron chi connectivity index (χ0n) is 19.5. The zero-order chi connectivity index (χ0) is 24.6. The molecule has 0 radical (unpaired) electrons. The zero-order valence-corrected chi connectivity index (χ0v) is 20.3. The van der Waals surface area contributed by atoms with Crippen molar-refractivity contribution < 1.29 is 14.0 Å². The van der Waals surface area contributed by atoms with Gasteiger partial charge in [0, 0.05) is 12.2 Å². The first-order chi connectivity index (χ1) is 16.9. The number of nitrogens with one attached hydrogen (secondary N) is 1. The molecule has 1 aliphatic rings. The van der Waals surface area contributed by atoms with Gasteiger partial charge in [-0.1, -0.05) is 37.3 Å². The second-order valence-corrected chi connectivity index (χ2v) is 9.74. The molecule has 2 aromatic carbocycles. The Morgan fingerprint density at radius 2 is 1.83 bits per heavy atom. The average Bonchev–Trinajstić information content (AvgIpc) is 3.54. The summed E-state index contributed by atoms with van der Waals surface area (Å²) in [5.41, 5.74) is 2.49. The van der Waals surface area contributed by atoms with Crippen LogP contribution in [-0.4, -0.2) is 27.1 Å². The van der Waals surface area contributed by atoms with Gasteiger partial charge in [-0.3, -0.25) is 19.2 Å². The van der Waals surface area contributed by atoms with Crippen molar-refractivity contribution in [2.24, 2.45) is 0 Å². The molecule has 0 fully saturated rings. The molecule has 0 saturated heterocycles. The third-order valence-corrected chi connectivity index (χ3v) is 7.28. The van der Waals surface area contributed by atoms with E-state index in [1.807, 2.05) is 41.8 Å². The fraction of sp³-hybridized carbons (Fsp3) is 0.222. The highest BCUT2D eigenvalue weighted by molar-refractivity contribution is 7.13. The minimum atomic E-state index is -1.23. The maximum Gasteiger partial charge on any atom is 0.277 e. The monoisotopic (exact) mass is 488 g/mol. The summed E-state index contributed by atoms with van der Waals surface area (Å²) in [5.74, 6) is -0.928. The van der Waals surface area contributed by atoms with Crippen molar-refractivity contribution in [1.29, 1.82) is 0 Å². The van der Waals surface area contributed by atoms with E-state index in [0.29, 0.717) is 17.1 Å². The maximum absolute atomic E-state index is 13.8. The van der Waals surface area contributed by atoms with Crippen LogP contribution in [0.4, 0.5) is 10.1 Å². The molecule has 178 valence electrons. The van der Waals surface area contributed by atoms with Gasteiger partial charge in [-0.05, 0) is 66.2 Å². The summed E-state index contributed by atoms with van der Waals surface area (Å²) in [6, 6.07) is 19.4. The first-order valence-corrected chi connectivity index (χ1v) is 12.3. The first kappa shape index (κ1) is 23.0. The number of rotatable bonds is 6. The average molecular weight is 489 g/mol. The Kier molecular flexibility index (Phi) is 5.98. The molecule has 35 heavy (non-hydrogen) atoms. The van der Waals surface area contributed by atoms with E-state index >= 15 is 0 Å². The van der Waals surface area contributed by atoms with Crippen LogP contribution in [0.15, 0.2) is 72.1 Å². The second kappa shape index (κ2) is 9.11. The van der Waals surface area contributed by atoms with E-state index in [2.05, 4.69) is 17.3 Å². The molecule has 0 bridgehead atoms. The minimum absolute atomic E-state index is 0.199. The van der Waals surface area contributed by atoms with Crippen molar-refractivity contribution in [2.75, 3.05) is 4.90 Å². The van der Waals surface area contributed by atoms with E-state index in [9.17, 15) is 14.0 Å². The van der Waals surface area contributed by atoms with Gasteiger partial charge in [-0.15, -0.1) is 11.3 Å². The van der Waals surface area contributed by atoms with Crippen LogP contribution < -0.4 is 10.2 Å². The number of thiophene rings is 1. The number of benzene rings is 2. The maximum atomic E-state index is 13.8. The summed E-state index contributed by atoms with van der Waals surface area (Å²) in [6.07, 6.45) is 0.876. The lowest BCUT2D eigenvalue weighted by Gasteiger charge is -2.43. The number of aromatic nitrogens is 2. The summed E-state index contributed by atoms with van der Waals surface area (Å²) in [4.78, 5) is 30.0. The highest BCUT2D eigenvalue weighted by atomic mass is 32.1. The Balaban J connectivity index is 1.52. The molecule has 2 amide bonds. The molecule has 2 aromatic heterocycles. The molecule has 4 aromatic rings. The molecular weight excluding hydrogens is 463 g/mol. The van der Waals surface area contributed by atoms with Gasteiger partial charge in [0.05, 0.1) is 11.4 Å². The van der Waals surface area contributed by atoms with Gasteiger partial charge in [0.25, 0.3) is 5.91 Å². The fourth-order valence-electron chi connectivity index (χ4n) is 4.39. The number of carbonyl (C=O) groups is 2. The summed E-state index contributed by atoms with van der Waals surface area (Å²) in [5, 5.41) is 9.57. The van der Waals surface area contributed by atoms with Crippen LogP contribution in [0.3, 0.4) is 0 Å². The quantitative estimate of drug-likeness (QED) is 0.413. The lowest BCUT2D eigenvalue weighted by atomic mass is 9.93. The molecule has 0 unspecified atom stereocenters. The molecule has 8 heteroatoms. The van der Waals surface area contributed by atoms with E-state index < -0.39 is 5.54 Å². The smallest absolute Gasteiger partial charge is 0.277 e. The normalized spacial score (nSPS) is 17.3. The largest absolute Gasteiger partial charge is 0.350 e. The van der Waals surface area contributed by atoms with E-state index in [1.54, 1.807) is 46.0 Å². The number of carbonyl (C=O) groups excluding carboxylic acids is 2. The second-order valence-electron chi connectivity index (χ2n) is 8.79. The molecular formula is C27H25FN4O2S. The predicted molar refractivity (Wildman–Crippen MR) is 135 cm³/mol. The van der Waals surface area contributed by atoms with Crippen LogP contribution in [-0.2, 0) is 24.3 Å². The Bertz CT molecular complexity index is 1360. The van der Waals surface area contributed by atoms with Crippen LogP contribution in [0, 0.1) is 5.82 Å². The van der Waals surface area contributed by atoms with Gasteiger partial charge in [0.15, 0.2) is 0 Å². The van der Waals surface area contributed by atoms with Gasteiger partial charge < -0.3 is 5.32 Å². The van der Waals surface area contributed by atoms with Crippen LogP contribution in [0.1, 0.15) is 35.5 Å². The predicted octanol–water partition coefficient (Wildman–Crippen LogP) is 5.05. The van der Waals surface area contributed by atoms with Crippen molar-refractivity contribution in [3.05, 3.63) is 94.7 Å². The van der Waals surface area contributed by atoms with Crippen LogP contribution >= 0.6 is 11.3 Å². The fourth-order valence-corrected chi connectivity index (χ4v) is 5.07. The standard InChI is InChI=1S/C27H25FN4O2S/c1-3-18-8-12-21(13-9-18)32-25(33)23-15-22(24-5-4-14-35-24)30-31(23)17-27(32,2)26(34)29-16-19-6-10-20(28)11-7-19/h4-15H,3,16-17H2,1-2H3,(H,29,34)/t27-/m0/s1. The number of aryl methyl sites for hydroxylation is 1. The number of hydrogen-bond acceptors (Lipinski definition) is 4. The van der Waals surface area contributed by atoms with E-state index in [4.69, 9.17) is 0 Å². The van der Waals surface area contributed by atoms with E-state index in [-0.39, 0.29) is 30.7 Å². The molecule has 0 saturated carbocycles. The molecule has 3 heterocycles. The third kappa shape index (κ3) is 4.25. The van der Waals surface area contributed by atoms with Crippen molar-refractivity contribution in [3.8, 4) is 10.6 Å². The number of amides is 2. The first-order valence-electron chi connectivity index (χ1n) is 11.5. The van der Waals surface area contributed by atoms with Gasteiger partial charge in [0.1, 0.15) is 22.7 Å². The SMILES string of the molecule is CCc1ccc(N2C(=O)c3cc(-c4cccs4)nn3C[C@@]2(C)C(=O)NCc2ccc(F)cc2)cc1. The molecule has 6 nitrogen and oxygen atoms in total. The summed E-state index contributed by atoms with van der Waals surface area (Å²) >= 11 is 1.55. The Morgan fingerprint density at radius 1 is 1.11 bits per heavy atom. The lowest BCUT2D eigenvalue weighted by molar-refractivity contribution is -0.126. The molecule has 0 aliphatic carbocycles. The van der Waals surface area contributed by atoms with Gasteiger partial charge in [-0.2, -0.15) is 5.10 Å². The topological polar surface area (TPSA) is 67.2 Å². The highest BCUT2D eigenvalue weighted by Gasteiger charge is 2.48. The van der Waals surface area contributed by atoms with Gasteiger partial charge >= 0.3 is 0 Å². The van der Waals surface area contributed by atoms with Crippen LogP contribution in [0.25, 0.3) is 10.6 Å². The molecule has 1 N–H and O–H groups in total. The third-order valence-electron chi connectivity index (χ3n) is 6.39. The highest BCUT2D eigenvalue weighted by Crippen LogP contribution is 2.35. The summed E-state index contributed by atoms with van der Waals surface area (Å²) in [7, 11) is 0. The van der Waals surface area contributed by atoms with Crippen molar-refractivity contribution in [3.63, 3.8) is 0 Å². The van der Waals surface area contributed by atoms with Crippen LogP contribution in [0.5, 0.6) is 0 Å². The molecule has 5 rings (SSSR count). The van der Waals surface area contributed by atoms with E-state index in [0.717, 1.165) is 22.4 Å². The number of hydrogen-bond donors (Lipinski definition) is 1. The van der Waals surface area contributed by atoms with Crippen LogP contribution in [0.2, 0.25) is 0 Å². The number of anilines is 1. The Labute approximate surface area is 207 Å². The summed E-state index contributed by atoms with van der Waals surface area (Å²) in [6.45, 7) is 4.24. The molecule has 1 aliphatic heterocycles.